The van der Waals surface area contributed by atoms with Gasteiger partial charge in [0.05, 0.1) is 6.61 Å². The zero-order valence-corrected chi connectivity index (χ0v) is 12.3. The van der Waals surface area contributed by atoms with Crippen molar-refractivity contribution in [2.75, 3.05) is 6.61 Å². The first-order valence-electron chi connectivity index (χ1n) is 6.47. The minimum absolute atomic E-state index is 0.568. The summed E-state index contributed by atoms with van der Waals surface area (Å²) in [4.78, 5) is 38.3. The summed E-state index contributed by atoms with van der Waals surface area (Å²) in [7, 11) is 0. The first-order chi connectivity index (χ1) is 10.3. The second-order valence-corrected chi connectivity index (χ2v) is 4.64. The van der Waals surface area contributed by atoms with E-state index in [1.807, 2.05) is 5.48 Å². The number of amides is 1. The lowest BCUT2D eigenvalue weighted by molar-refractivity contribution is -0.310. The third kappa shape index (κ3) is 4.91. The smallest absolute Gasteiger partial charge is 0.305 e. The van der Waals surface area contributed by atoms with Gasteiger partial charge in [-0.15, -0.1) is 0 Å². The first kappa shape index (κ1) is 18.3. The van der Waals surface area contributed by atoms with Gasteiger partial charge >= 0.3 is 11.9 Å². The molecule has 1 aliphatic heterocycles. The van der Waals surface area contributed by atoms with E-state index in [2.05, 4.69) is 0 Å². The SMILES string of the molecule is CC(=O)NO[C@H]1C(OC(C)=O)O[C@H](CO)[C@@H](O)[C@@H]1OC(C)=O. The molecule has 1 amide bonds. The molecule has 0 saturated carbocycles. The van der Waals surface area contributed by atoms with Gasteiger partial charge in [0.15, 0.2) is 12.2 Å². The van der Waals surface area contributed by atoms with Crippen LogP contribution in [0.15, 0.2) is 0 Å². The molecule has 1 rings (SSSR count). The van der Waals surface area contributed by atoms with Crippen LogP contribution in [-0.2, 0) is 33.4 Å². The third-order valence-electron chi connectivity index (χ3n) is 2.72. The number of esters is 2. The average Bonchev–Trinajstić information content (AvgIpc) is 2.40. The second-order valence-electron chi connectivity index (χ2n) is 4.64. The van der Waals surface area contributed by atoms with Gasteiger partial charge in [-0.2, -0.15) is 0 Å². The topological polar surface area (TPSA) is 141 Å². The summed E-state index contributed by atoms with van der Waals surface area (Å²) in [5.74, 6) is -2.03. The molecule has 1 fully saturated rings. The molecule has 1 saturated heterocycles. The van der Waals surface area contributed by atoms with Gasteiger partial charge in [-0.1, -0.05) is 0 Å². The van der Waals surface area contributed by atoms with E-state index < -0.39 is 55.2 Å². The Hall–Kier alpha value is -1.75. The van der Waals surface area contributed by atoms with Crippen molar-refractivity contribution in [3.05, 3.63) is 0 Å². The van der Waals surface area contributed by atoms with Crippen molar-refractivity contribution >= 4 is 17.8 Å². The number of hydrogen-bond donors (Lipinski definition) is 3. The molecule has 0 spiro atoms. The Kier molecular flexibility index (Phi) is 6.68. The summed E-state index contributed by atoms with van der Waals surface area (Å²) < 4.78 is 15.0. The van der Waals surface area contributed by atoms with Crippen LogP contribution in [0, 0.1) is 0 Å². The Balaban J connectivity index is 3.01. The summed E-state index contributed by atoms with van der Waals surface area (Å²) in [6.45, 7) is 2.77. The molecule has 0 aromatic rings. The maximum absolute atomic E-state index is 11.2. The van der Waals surface area contributed by atoms with Crippen molar-refractivity contribution in [3.8, 4) is 0 Å². The van der Waals surface area contributed by atoms with Crippen LogP contribution in [0.25, 0.3) is 0 Å². The molecule has 0 radical (unpaired) electrons. The molecule has 5 atom stereocenters. The Morgan fingerprint density at radius 2 is 1.68 bits per heavy atom. The van der Waals surface area contributed by atoms with E-state index in [1.54, 1.807) is 0 Å². The lowest BCUT2D eigenvalue weighted by atomic mass is 9.99. The Bertz CT molecular complexity index is 427. The van der Waals surface area contributed by atoms with Crippen molar-refractivity contribution in [1.29, 1.82) is 0 Å². The van der Waals surface area contributed by atoms with Gasteiger partial charge in [-0.3, -0.25) is 19.2 Å². The fourth-order valence-corrected chi connectivity index (χ4v) is 1.90. The van der Waals surface area contributed by atoms with Crippen molar-refractivity contribution in [1.82, 2.24) is 5.48 Å². The molecule has 10 nitrogen and oxygen atoms in total. The summed E-state index contributed by atoms with van der Waals surface area (Å²) in [6, 6.07) is 0. The Morgan fingerprint density at radius 1 is 1.09 bits per heavy atom. The van der Waals surface area contributed by atoms with Gasteiger partial charge in [0.2, 0.25) is 12.2 Å². The number of carbonyl (C=O) groups excluding carboxylic acids is 3. The van der Waals surface area contributed by atoms with E-state index in [0.29, 0.717) is 0 Å². The maximum atomic E-state index is 11.2. The van der Waals surface area contributed by atoms with E-state index in [-0.39, 0.29) is 0 Å². The number of aliphatic hydroxyl groups is 2. The second kappa shape index (κ2) is 8.03. The van der Waals surface area contributed by atoms with Crippen LogP contribution in [0.1, 0.15) is 20.8 Å². The highest BCUT2D eigenvalue weighted by Gasteiger charge is 2.50. The molecular weight excluding hydrogens is 302 g/mol. The minimum atomic E-state index is -1.44. The lowest BCUT2D eigenvalue weighted by Gasteiger charge is -2.41. The molecule has 0 bridgehead atoms. The number of rotatable bonds is 5. The van der Waals surface area contributed by atoms with Crippen molar-refractivity contribution in [2.45, 2.75) is 51.5 Å². The van der Waals surface area contributed by atoms with E-state index in [0.717, 1.165) is 20.8 Å². The Labute approximate surface area is 126 Å². The van der Waals surface area contributed by atoms with Crippen molar-refractivity contribution in [3.63, 3.8) is 0 Å². The number of aliphatic hydroxyl groups excluding tert-OH is 2. The van der Waals surface area contributed by atoms with Gasteiger partial charge in [0, 0.05) is 20.8 Å². The van der Waals surface area contributed by atoms with E-state index in [9.17, 15) is 24.6 Å². The lowest BCUT2D eigenvalue weighted by Crippen LogP contribution is -2.62. The van der Waals surface area contributed by atoms with E-state index >= 15 is 0 Å². The van der Waals surface area contributed by atoms with Gasteiger partial charge in [-0.25, -0.2) is 5.48 Å². The van der Waals surface area contributed by atoms with Crippen LogP contribution in [0.5, 0.6) is 0 Å². The maximum Gasteiger partial charge on any atom is 0.305 e. The molecule has 22 heavy (non-hydrogen) atoms. The summed E-state index contributed by atoms with van der Waals surface area (Å²) in [6.07, 6.45) is -6.63. The van der Waals surface area contributed by atoms with Gasteiger partial charge in [-0.05, 0) is 0 Å². The van der Waals surface area contributed by atoms with Crippen LogP contribution in [0.3, 0.4) is 0 Å². The zero-order valence-electron chi connectivity index (χ0n) is 12.3. The summed E-state index contributed by atoms with van der Waals surface area (Å²) in [5.41, 5.74) is 2.00. The highest BCUT2D eigenvalue weighted by atomic mass is 16.8. The highest BCUT2D eigenvalue weighted by Crippen LogP contribution is 2.26. The predicted octanol–water partition coefficient (Wildman–Crippen LogP) is -2.00. The van der Waals surface area contributed by atoms with Crippen molar-refractivity contribution in [2.24, 2.45) is 0 Å². The number of hydrogen-bond acceptors (Lipinski definition) is 9. The van der Waals surface area contributed by atoms with Crippen molar-refractivity contribution < 1.29 is 43.6 Å². The van der Waals surface area contributed by atoms with Gasteiger partial charge in [0.25, 0.3) is 0 Å². The first-order valence-corrected chi connectivity index (χ1v) is 6.47. The number of nitrogens with one attached hydrogen (secondary N) is 1. The number of hydroxylamine groups is 1. The molecular formula is C12H19NO9. The minimum Gasteiger partial charge on any atom is -0.457 e. The van der Waals surface area contributed by atoms with Crippen LogP contribution < -0.4 is 5.48 Å². The molecule has 1 heterocycles. The predicted molar refractivity (Wildman–Crippen MR) is 67.8 cm³/mol. The average molecular weight is 321 g/mol. The molecule has 3 N–H and O–H groups in total. The molecule has 1 aliphatic rings. The zero-order chi connectivity index (χ0) is 16.9. The van der Waals surface area contributed by atoms with E-state index in [4.69, 9.17) is 19.0 Å². The standard InChI is InChI=1S/C12H19NO9/c1-5(15)13-22-11-10(19-6(2)16)9(18)8(4-14)21-12(11)20-7(3)17/h8-12,14,18H,4H2,1-3H3,(H,13,15)/t8-,9-,10+,11-,12?/m1/s1. The van der Waals surface area contributed by atoms with Crippen LogP contribution in [0.2, 0.25) is 0 Å². The molecule has 1 unspecified atom stereocenters. The molecule has 0 aliphatic carbocycles. The summed E-state index contributed by atoms with van der Waals surface area (Å²) in [5, 5.41) is 19.3. The monoisotopic (exact) mass is 321 g/mol. The normalized spacial score (nSPS) is 31.2. The molecule has 0 aromatic heterocycles. The van der Waals surface area contributed by atoms with Gasteiger partial charge < -0.3 is 24.4 Å². The van der Waals surface area contributed by atoms with Gasteiger partial charge in [0.1, 0.15) is 12.2 Å². The third-order valence-corrected chi connectivity index (χ3v) is 2.72. The fourth-order valence-electron chi connectivity index (χ4n) is 1.90. The Morgan fingerprint density at radius 3 is 2.14 bits per heavy atom. The van der Waals surface area contributed by atoms with Crippen LogP contribution in [-0.4, -0.2) is 65.4 Å². The van der Waals surface area contributed by atoms with Crippen LogP contribution in [0.4, 0.5) is 0 Å². The van der Waals surface area contributed by atoms with E-state index in [1.165, 1.54) is 0 Å². The molecule has 0 aromatic carbocycles. The number of ether oxygens (including phenoxy) is 3. The quantitative estimate of drug-likeness (QED) is 0.387. The largest absolute Gasteiger partial charge is 0.457 e. The number of carbonyl (C=O) groups is 3. The fraction of sp³-hybridized carbons (Fsp3) is 0.750. The molecule has 126 valence electrons. The summed E-state index contributed by atoms with van der Waals surface area (Å²) >= 11 is 0. The highest BCUT2D eigenvalue weighted by molar-refractivity contribution is 5.71. The molecule has 10 heteroatoms. The van der Waals surface area contributed by atoms with Crippen LogP contribution >= 0.6 is 0 Å².